The molecule has 0 aliphatic carbocycles. The topological polar surface area (TPSA) is 67.1 Å². The molecule has 130 valence electrons. The summed E-state index contributed by atoms with van der Waals surface area (Å²) in [5, 5.41) is 9.58. The number of alkyl halides is 3. The zero-order valence-corrected chi connectivity index (χ0v) is 13.0. The lowest BCUT2D eigenvalue weighted by Crippen LogP contribution is -2.37. The molecule has 0 unspecified atom stereocenters. The van der Waals surface area contributed by atoms with Crippen LogP contribution in [0, 0.1) is 5.82 Å². The summed E-state index contributed by atoms with van der Waals surface area (Å²) in [7, 11) is 3.20. The lowest BCUT2D eigenvalue weighted by molar-refractivity contribution is -0.138. The number of rotatable bonds is 4. The summed E-state index contributed by atoms with van der Waals surface area (Å²) >= 11 is 0. The van der Waals surface area contributed by atoms with Crippen molar-refractivity contribution in [1.29, 1.82) is 0 Å². The minimum atomic E-state index is -4.63. The van der Waals surface area contributed by atoms with Crippen LogP contribution in [0.5, 0.6) is 0 Å². The first-order chi connectivity index (χ1) is 11.3. The zero-order valence-electron chi connectivity index (χ0n) is 13.0. The summed E-state index contributed by atoms with van der Waals surface area (Å²) in [4.78, 5) is 7.94. The highest BCUT2D eigenvalue weighted by Crippen LogP contribution is 2.32. The fourth-order valence-corrected chi connectivity index (χ4v) is 2.01. The Morgan fingerprint density at radius 2 is 1.96 bits per heavy atom. The second-order valence-corrected chi connectivity index (χ2v) is 4.88. The number of aliphatic imine (C=N–C) groups is 1. The molecule has 0 bridgehead atoms. The van der Waals surface area contributed by atoms with Crippen molar-refractivity contribution in [2.24, 2.45) is 12.0 Å². The summed E-state index contributed by atoms with van der Waals surface area (Å²) in [5.41, 5.74) is -1.09. The maximum absolute atomic E-state index is 13.1. The molecule has 24 heavy (non-hydrogen) atoms. The predicted octanol–water partition coefficient (Wildman–Crippen LogP) is 1.84. The molecule has 0 spiro atoms. The fourth-order valence-electron chi connectivity index (χ4n) is 2.01. The lowest BCUT2D eigenvalue weighted by atomic mass is 10.1. The highest BCUT2D eigenvalue weighted by atomic mass is 19.4. The summed E-state index contributed by atoms with van der Waals surface area (Å²) < 4.78 is 53.5. The molecule has 1 aromatic heterocycles. The van der Waals surface area contributed by atoms with Crippen LogP contribution in [-0.4, -0.2) is 27.8 Å². The molecule has 2 N–H and O–H groups in total. The normalized spacial score (nSPS) is 12.3. The molecular formula is C14H16F4N6. The third-order valence-corrected chi connectivity index (χ3v) is 3.27. The number of hydrogen-bond acceptors (Lipinski definition) is 3. The molecule has 0 saturated carbocycles. The van der Waals surface area contributed by atoms with Gasteiger partial charge in [-0.1, -0.05) is 6.07 Å². The zero-order chi connectivity index (χ0) is 17.7. The standard InChI is InChI=1S/C14H16F4N6/c1-19-13(21-7-12-22-8-23-24(12)2)20-6-9-3-4-10(15)5-11(9)14(16,17)18/h3-5,8H,6-7H2,1-2H3,(H2,19,20,21). The van der Waals surface area contributed by atoms with E-state index in [0.29, 0.717) is 18.4 Å². The average molecular weight is 344 g/mol. The molecule has 2 aromatic rings. The van der Waals surface area contributed by atoms with Crippen LogP contribution in [0.1, 0.15) is 17.0 Å². The van der Waals surface area contributed by atoms with Gasteiger partial charge in [-0.15, -0.1) is 0 Å². The third kappa shape index (κ3) is 4.43. The van der Waals surface area contributed by atoms with Crippen molar-refractivity contribution in [2.75, 3.05) is 7.05 Å². The summed E-state index contributed by atoms with van der Waals surface area (Å²) in [6.07, 6.45) is -3.24. The second-order valence-electron chi connectivity index (χ2n) is 4.88. The molecule has 2 rings (SSSR count). The monoisotopic (exact) mass is 344 g/mol. The Balaban J connectivity index is 2.02. The van der Waals surface area contributed by atoms with Crippen molar-refractivity contribution in [3.8, 4) is 0 Å². The van der Waals surface area contributed by atoms with Crippen molar-refractivity contribution in [3.63, 3.8) is 0 Å². The van der Waals surface area contributed by atoms with E-state index in [9.17, 15) is 17.6 Å². The smallest absolute Gasteiger partial charge is 0.352 e. The van der Waals surface area contributed by atoms with E-state index in [1.807, 2.05) is 0 Å². The molecule has 0 amide bonds. The fraction of sp³-hybridized carbons (Fsp3) is 0.357. The van der Waals surface area contributed by atoms with Crippen LogP contribution in [0.3, 0.4) is 0 Å². The quantitative estimate of drug-likeness (QED) is 0.505. The maximum atomic E-state index is 13.1. The highest BCUT2D eigenvalue weighted by Gasteiger charge is 2.33. The molecule has 0 radical (unpaired) electrons. The first kappa shape index (κ1) is 17.7. The molecule has 0 saturated heterocycles. The first-order valence-electron chi connectivity index (χ1n) is 6.94. The van der Waals surface area contributed by atoms with Gasteiger partial charge in [0.25, 0.3) is 0 Å². The van der Waals surface area contributed by atoms with Crippen molar-refractivity contribution >= 4 is 5.96 Å². The molecule has 0 fully saturated rings. The maximum Gasteiger partial charge on any atom is 0.416 e. The summed E-state index contributed by atoms with van der Waals surface area (Å²) in [5.74, 6) is -0.0120. The molecule has 0 aliphatic heterocycles. The Morgan fingerprint density at radius 1 is 1.25 bits per heavy atom. The van der Waals surface area contributed by atoms with Gasteiger partial charge in [-0.2, -0.15) is 18.3 Å². The SMILES string of the molecule is CN=C(NCc1ccc(F)cc1C(F)(F)F)NCc1ncnn1C. The van der Waals surface area contributed by atoms with Gasteiger partial charge in [0.1, 0.15) is 18.0 Å². The van der Waals surface area contributed by atoms with Gasteiger partial charge in [-0.25, -0.2) is 9.37 Å². The Bertz CT molecular complexity index is 722. The predicted molar refractivity (Wildman–Crippen MR) is 79.4 cm³/mol. The number of halogens is 4. The van der Waals surface area contributed by atoms with E-state index in [1.165, 1.54) is 13.4 Å². The van der Waals surface area contributed by atoms with Crippen molar-refractivity contribution in [2.45, 2.75) is 19.3 Å². The van der Waals surface area contributed by atoms with Crippen LogP contribution in [0.25, 0.3) is 0 Å². The Labute approximate surface area is 135 Å². The van der Waals surface area contributed by atoms with Crippen molar-refractivity contribution in [1.82, 2.24) is 25.4 Å². The molecule has 1 heterocycles. The number of nitrogens with zero attached hydrogens (tertiary/aromatic N) is 4. The number of aromatic nitrogens is 3. The molecule has 0 aliphatic rings. The van der Waals surface area contributed by atoms with Crippen LogP contribution in [0.4, 0.5) is 17.6 Å². The van der Waals surface area contributed by atoms with Crippen molar-refractivity contribution in [3.05, 3.63) is 47.3 Å². The largest absolute Gasteiger partial charge is 0.416 e. The number of aryl methyl sites for hydroxylation is 1. The van der Waals surface area contributed by atoms with E-state index in [0.717, 1.165) is 12.1 Å². The van der Waals surface area contributed by atoms with E-state index in [4.69, 9.17) is 0 Å². The second kappa shape index (κ2) is 7.28. The summed E-state index contributed by atoms with van der Waals surface area (Å²) in [6, 6.07) is 2.57. The molecule has 0 atom stereocenters. The van der Waals surface area contributed by atoms with Crippen LogP contribution < -0.4 is 10.6 Å². The van der Waals surface area contributed by atoms with Gasteiger partial charge in [0, 0.05) is 20.6 Å². The third-order valence-electron chi connectivity index (χ3n) is 3.27. The molecule has 6 nitrogen and oxygen atoms in total. The lowest BCUT2D eigenvalue weighted by Gasteiger charge is -2.15. The van der Waals surface area contributed by atoms with Gasteiger partial charge < -0.3 is 10.6 Å². The van der Waals surface area contributed by atoms with Gasteiger partial charge in [0.05, 0.1) is 12.1 Å². The number of hydrogen-bond donors (Lipinski definition) is 2. The minimum absolute atomic E-state index is 0.0782. The Hall–Kier alpha value is -2.65. The molecule has 10 heteroatoms. The van der Waals surface area contributed by atoms with Crippen LogP contribution in [0.15, 0.2) is 29.5 Å². The van der Waals surface area contributed by atoms with Gasteiger partial charge in [0.2, 0.25) is 0 Å². The number of benzene rings is 1. The van der Waals surface area contributed by atoms with E-state index >= 15 is 0 Å². The van der Waals surface area contributed by atoms with E-state index in [1.54, 1.807) is 11.7 Å². The van der Waals surface area contributed by atoms with E-state index in [-0.39, 0.29) is 18.1 Å². The van der Waals surface area contributed by atoms with E-state index in [2.05, 4.69) is 25.7 Å². The minimum Gasteiger partial charge on any atom is -0.352 e. The Kier molecular flexibility index (Phi) is 5.37. The number of guanidine groups is 1. The van der Waals surface area contributed by atoms with Gasteiger partial charge >= 0.3 is 6.18 Å². The van der Waals surface area contributed by atoms with Crippen LogP contribution >= 0.6 is 0 Å². The van der Waals surface area contributed by atoms with E-state index < -0.39 is 17.6 Å². The van der Waals surface area contributed by atoms with Crippen LogP contribution in [-0.2, 0) is 26.3 Å². The first-order valence-corrected chi connectivity index (χ1v) is 6.94. The van der Waals surface area contributed by atoms with Crippen LogP contribution in [0.2, 0.25) is 0 Å². The van der Waals surface area contributed by atoms with Gasteiger partial charge in [0.15, 0.2) is 5.96 Å². The average Bonchev–Trinajstić information content (AvgIpc) is 2.93. The Morgan fingerprint density at radius 3 is 2.54 bits per heavy atom. The number of nitrogens with one attached hydrogen (secondary N) is 2. The van der Waals surface area contributed by atoms with Gasteiger partial charge in [-0.3, -0.25) is 9.67 Å². The summed E-state index contributed by atoms with van der Waals surface area (Å²) in [6.45, 7) is 0.138. The van der Waals surface area contributed by atoms with Gasteiger partial charge in [-0.05, 0) is 17.7 Å². The molecular weight excluding hydrogens is 328 g/mol. The molecule has 1 aromatic carbocycles. The van der Waals surface area contributed by atoms with Crippen molar-refractivity contribution < 1.29 is 17.6 Å². The highest BCUT2D eigenvalue weighted by molar-refractivity contribution is 5.79.